The number of aryl methyl sites for hydroxylation is 1. The van der Waals surface area contributed by atoms with Gasteiger partial charge in [0.1, 0.15) is 5.82 Å². The van der Waals surface area contributed by atoms with Gasteiger partial charge in [0.15, 0.2) is 0 Å². The highest BCUT2D eigenvalue weighted by molar-refractivity contribution is 5.94. The van der Waals surface area contributed by atoms with E-state index < -0.39 is 0 Å². The second kappa shape index (κ2) is 5.52. The minimum Gasteiger partial charge on any atom is -0.342 e. The smallest absolute Gasteiger partial charge is 0.255 e. The van der Waals surface area contributed by atoms with Crippen LogP contribution in [-0.2, 0) is 5.54 Å². The van der Waals surface area contributed by atoms with E-state index >= 15 is 0 Å². The van der Waals surface area contributed by atoms with E-state index in [-0.39, 0.29) is 17.4 Å². The van der Waals surface area contributed by atoms with Gasteiger partial charge in [-0.3, -0.25) is 4.79 Å². The molecule has 4 nitrogen and oxygen atoms in total. The van der Waals surface area contributed by atoms with Crippen molar-refractivity contribution in [2.45, 2.75) is 45.1 Å². The average Bonchev–Trinajstić information content (AvgIpc) is 3.28. The van der Waals surface area contributed by atoms with Crippen LogP contribution in [0.15, 0.2) is 36.7 Å². The highest BCUT2D eigenvalue weighted by Gasteiger charge is 2.46. The fourth-order valence-corrected chi connectivity index (χ4v) is 2.74. The monoisotopic (exact) mass is 295 g/mol. The Morgan fingerprint density at radius 3 is 2.36 bits per heavy atom. The highest BCUT2D eigenvalue weighted by Crippen LogP contribution is 2.46. The number of aromatic nitrogens is 2. The van der Waals surface area contributed by atoms with Gasteiger partial charge in [0, 0.05) is 18.3 Å². The molecule has 0 radical (unpaired) electrons. The van der Waals surface area contributed by atoms with Gasteiger partial charge in [0.25, 0.3) is 5.91 Å². The van der Waals surface area contributed by atoms with Crippen LogP contribution in [0.2, 0.25) is 0 Å². The van der Waals surface area contributed by atoms with E-state index in [1.165, 1.54) is 11.1 Å². The Morgan fingerprint density at radius 2 is 1.82 bits per heavy atom. The molecule has 1 heterocycles. The van der Waals surface area contributed by atoms with Crippen LogP contribution in [0.25, 0.3) is 0 Å². The van der Waals surface area contributed by atoms with Gasteiger partial charge >= 0.3 is 0 Å². The first-order chi connectivity index (χ1) is 10.5. The van der Waals surface area contributed by atoms with Crippen molar-refractivity contribution in [2.75, 3.05) is 0 Å². The maximum absolute atomic E-state index is 12.5. The summed E-state index contributed by atoms with van der Waals surface area (Å²) in [5.41, 5.74) is 2.73. The number of nitrogens with one attached hydrogen (secondary N) is 1. The molecule has 0 atom stereocenters. The lowest BCUT2D eigenvalue weighted by atomic mass is 9.99. The summed E-state index contributed by atoms with van der Waals surface area (Å²) in [4.78, 5) is 21.0. The molecule has 1 N–H and O–H groups in total. The number of rotatable bonds is 4. The SMILES string of the molecule is Cc1ccccc1C1(NC(=O)c2cnc(C(C)C)nc2)CC1. The molecule has 0 unspecified atom stereocenters. The van der Waals surface area contributed by atoms with Crippen LogP contribution in [0.3, 0.4) is 0 Å². The summed E-state index contributed by atoms with van der Waals surface area (Å²) in [6, 6.07) is 8.23. The molecule has 0 saturated heterocycles. The number of benzene rings is 1. The molecule has 22 heavy (non-hydrogen) atoms. The van der Waals surface area contributed by atoms with Gasteiger partial charge in [-0.25, -0.2) is 9.97 Å². The second-order valence-electron chi connectivity index (χ2n) is 6.34. The van der Waals surface area contributed by atoms with Crippen LogP contribution in [0, 0.1) is 6.92 Å². The quantitative estimate of drug-likeness (QED) is 0.941. The molecule has 1 amide bonds. The van der Waals surface area contributed by atoms with Crippen molar-refractivity contribution in [1.29, 1.82) is 0 Å². The Balaban J connectivity index is 1.78. The fraction of sp³-hybridized carbons (Fsp3) is 0.389. The number of hydrogen-bond acceptors (Lipinski definition) is 3. The molecule has 2 aromatic rings. The molecule has 1 aliphatic carbocycles. The molecule has 3 rings (SSSR count). The molecule has 1 aliphatic rings. The number of nitrogens with zero attached hydrogens (tertiary/aromatic N) is 2. The maximum atomic E-state index is 12.5. The Labute approximate surface area is 131 Å². The summed E-state index contributed by atoms with van der Waals surface area (Å²) < 4.78 is 0. The molecular weight excluding hydrogens is 274 g/mol. The first kappa shape index (κ1) is 14.7. The lowest BCUT2D eigenvalue weighted by Gasteiger charge is -2.20. The third-order valence-electron chi connectivity index (χ3n) is 4.21. The summed E-state index contributed by atoms with van der Waals surface area (Å²) in [5.74, 6) is 0.923. The predicted molar refractivity (Wildman–Crippen MR) is 85.7 cm³/mol. The Bertz CT molecular complexity index is 688. The number of hydrogen-bond donors (Lipinski definition) is 1. The number of amides is 1. The zero-order chi connectivity index (χ0) is 15.7. The van der Waals surface area contributed by atoms with Crippen molar-refractivity contribution in [2.24, 2.45) is 0 Å². The van der Waals surface area contributed by atoms with Gasteiger partial charge in [-0.2, -0.15) is 0 Å². The lowest BCUT2D eigenvalue weighted by Crippen LogP contribution is -2.35. The predicted octanol–water partition coefficient (Wildman–Crippen LogP) is 3.33. The number of carbonyl (C=O) groups is 1. The molecule has 114 valence electrons. The van der Waals surface area contributed by atoms with E-state index in [1.807, 2.05) is 26.0 Å². The van der Waals surface area contributed by atoms with Gasteiger partial charge < -0.3 is 5.32 Å². The molecule has 0 aliphatic heterocycles. The van der Waals surface area contributed by atoms with Crippen LogP contribution in [-0.4, -0.2) is 15.9 Å². The molecule has 4 heteroatoms. The van der Waals surface area contributed by atoms with Gasteiger partial charge in [-0.1, -0.05) is 38.1 Å². The van der Waals surface area contributed by atoms with Gasteiger partial charge in [0.2, 0.25) is 0 Å². The molecular formula is C18H21N3O. The summed E-state index contributed by atoms with van der Waals surface area (Å²) in [6.45, 7) is 6.15. The largest absolute Gasteiger partial charge is 0.342 e. The van der Waals surface area contributed by atoms with E-state index in [4.69, 9.17) is 0 Å². The van der Waals surface area contributed by atoms with Gasteiger partial charge in [-0.05, 0) is 30.9 Å². The van der Waals surface area contributed by atoms with Crippen LogP contribution in [0.4, 0.5) is 0 Å². The lowest BCUT2D eigenvalue weighted by molar-refractivity contribution is 0.0930. The van der Waals surface area contributed by atoms with Crippen molar-refractivity contribution < 1.29 is 4.79 Å². The number of carbonyl (C=O) groups excluding carboxylic acids is 1. The standard InChI is InChI=1S/C18H21N3O/c1-12(2)16-19-10-14(11-20-16)17(22)21-18(8-9-18)15-7-5-4-6-13(15)3/h4-7,10-12H,8-9H2,1-3H3,(H,21,22). The topological polar surface area (TPSA) is 54.9 Å². The van der Waals surface area contributed by atoms with Gasteiger partial charge in [-0.15, -0.1) is 0 Å². The van der Waals surface area contributed by atoms with Crippen molar-refractivity contribution in [3.8, 4) is 0 Å². The molecule has 1 fully saturated rings. The van der Waals surface area contributed by atoms with Crippen LogP contribution in [0.5, 0.6) is 0 Å². The van der Waals surface area contributed by atoms with E-state index in [2.05, 4.69) is 34.3 Å². The maximum Gasteiger partial charge on any atom is 0.255 e. The third-order valence-corrected chi connectivity index (χ3v) is 4.21. The van der Waals surface area contributed by atoms with Crippen LogP contribution >= 0.6 is 0 Å². The van der Waals surface area contributed by atoms with Crippen molar-refractivity contribution in [1.82, 2.24) is 15.3 Å². The molecule has 0 spiro atoms. The first-order valence-electron chi connectivity index (χ1n) is 7.72. The summed E-state index contributed by atoms with van der Waals surface area (Å²) in [7, 11) is 0. The van der Waals surface area contributed by atoms with Crippen molar-refractivity contribution in [3.05, 3.63) is 59.2 Å². The van der Waals surface area contributed by atoms with E-state index in [0.29, 0.717) is 5.56 Å². The minimum absolute atomic E-state index is 0.101. The summed E-state index contributed by atoms with van der Waals surface area (Å²) >= 11 is 0. The molecule has 1 saturated carbocycles. The van der Waals surface area contributed by atoms with Crippen LogP contribution < -0.4 is 5.32 Å². The normalized spacial score (nSPS) is 15.6. The van der Waals surface area contributed by atoms with E-state index in [1.54, 1.807) is 12.4 Å². The summed E-state index contributed by atoms with van der Waals surface area (Å²) in [5, 5.41) is 3.17. The Hall–Kier alpha value is -2.23. The van der Waals surface area contributed by atoms with Crippen LogP contribution in [0.1, 0.15) is 59.9 Å². The second-order valence-corrected chi connectivity index (χ2v) is 6.34. The zero-order valence-electron chi connectivity index (χ0n) is 13.3. The molecule has 0 bridgehead atoms. The molecule has 1 aromatic carbocycles. The van der Waals surface area contributed by atoms with Crippen molar-refractivity contribution >= 4 is 5.91 Å². The minimum atomic E-state index is -0.209. The fourth-order valence-electron chi connectivity index (χ4n) is 2.74. The first-order valence-corrected chi connectivity index (χ1v) is 7.72. The average molecular weight is 295 g/mol. The van der Waals surface area contributed by atoms with Crippen molar-refractivity contribution in [3.63, 3.8) is 0 Å². The Morgan fingerprint density at radius 1 is 1.18 bits per heavy atom. The third kappa shape index (κ3) is 2.73. The van der Waals surface area contributed by atoms with E-state index in [0.717, 1.165) is 18.7 Å². The Kier molecular flexibility index (Phi) is 3.69. The van der Waals surface area contributed by atoms with E-state index in [9.17, 15) is 4.79 Å². The zero-order valence-corrected chi connectivity index (χ0v) is 13.3. The molecule has 1 aromatic heterocycles. The highest BCUT2D eigenvalue weighted by atomic mass is 16.1. The summed E-state index contributed by atoms with van der Waals surface area (Å²) in [6.07, 6.45) is 5.19. The van der Waals surface area contributed by atoms with Gasteiger partial charge in [0.05, 0.1) is 11.1 Å².